The number of nitrogens with one attached hydrogen (secondary N) is 1. The number of non-ortho nitro benzene ring substituents is 1. The number of nitro benzene ring substituents is 1. The largest absolute Gasteiger partial charge is 0.465 e. The minimum Gasteiger partial charge on any atom is -0.465 e. The first-order chi connectivity index (χ1) is 17.2. The molecule has 0 radical (unpaired) electrons. The van der Waals surface area contributed by atoms with Crippen LogP contribution in [-0.4, -0.2) is 49.1 Å². The lowest BCUT2D eigenvalue weighted by Crippen LogP contribution is -2.22. The highest BCUT2D eigenvalue weighted by Gasteiger charge is 2.24. The van der Waals surface area contributed by atoms with Gasteiger partial charge in [-0.25, -0.2) is 14.4 Å². The summed E-state index contributed by atoms with van der Waals surface area (Å²) in [5.41, 5.74) is 0.407. The van der Waals surface area contributed by atoms with Crippen LogP contribution in [0.4, 0.5) is 10.7 Å². The Kier molecular flexibility index (Phi) is 8.47. The van der Waals surface area contributed by atoms with Crippen LogP contribution in [0.3, 0.4) is 0 Å². The SMILES string of the molecule is CCOC(=O)c1c(-c2ccccc2)csc1NC(=O)COC(=O)c1cc(C(=O)OC)cc([N+](=O)[O-])c1. The summed E-state index contributed by atoms with van der Waals surface area (Å²) in [7, 11) is 1.09. The van der Waals surface area contributed by atoms with E-state index in [0.29, 0.717) is 5.56 Å². The van der Waals surface area contributed by atoms with Gasteiger partial charge in [-0.2, -0.15) is 0 Å². The Balaban J connectivity index is 1.77. The number of rotatable bonds is 9. The third-order valence-electron chi connectivity index (χ3n) is 4.73. The molecule has 0 spiro atoms. The molecule has 0 aliphatic rings. The lowest BCUT2D eigenvalue weighted by molar-refractivity contribution is -0.384. The normalized spacial score (nSPS) is 10.3. The van der Waals surface area contributed by atoms with Crippen LogP contribution in [-0.2, 0) is 19.0 Å². The molecular weight excluding hydrogens is 492 g/mol. The molecule has 1 amide bonds. The lowest BCUT2D eigenvalue weighted by atomic mass is 10.0. The van der Waals surface area contributed by atoms with Gasteiger partial charge in [0.15, 0.2) is 6.61 Å². The van der Waals surface area contributed by atoms with Crippen molar-refractivity contribution in [3.8, 4) is 11.1 Å². The summed E-state index contributed by atoms with van der Waals surface area (Å²) >= 11 is 1.10. The zero-order valence-corrected chi connectivity index (χ0v) is 20.0. The van der Waals surface area contributed by atoms with Crippen molar-refractivity contribution in [2.45, 2.75) is 6.92 Å². The summed E-state index contributed by atoms with van der Waals surface area (Å²) in [6.45, 7) is 1.03. The quantitative estimate of drug-likeness (QED) is 0.193. The molecule has 11 nitrogen and oxygen atoms in total. The number of nitro groups is 1. The first kappa shape index (κ1) is 26.0. The molecule has 0 atom stereocenters. The van der Waals surface area contributed by atoms with E-state index in [9.17, 15) is 29.3 Å². The van der Waals surface area contributed by atoms with Gasteiger partial charge in [0, 0.05) is 23.1 Å². The topological polar surface area (TPSA) is 151 Å². The van der Waals surface area contributed by atoms with E-state index in [1.807, 2.05) is 6.07 Å². The second kappa shape index (κ2) is 11.7. The molecule has 12 heteroatoms. The van der Waals surface area contributed by atoms with E-state index in [1.54, 1.807) is 36.6 Å². The van der Waals surface area contributed by atoms with Crippen molar-refractivity contribution in [1.82, 2.24) is 0 Å². The fraction of sp³-hybridized carbons (Fsp3) is 0.167. The molecule has 1 aromatic heterocycles. The molecular formula is C24H20N2O9S. The van der Waals surface area contributed by atoms with Crippen LogP contribution >= 0.6 is 11.3 Å². The summed E-state index contributed by atoms with van der Waals surface area (Å²) in [6.07, 6.45) is 0. The standard InChI is InChI=1S/C24H20N2O9S/c1-3-34-24(30)20-18(14-7-5-4-6-8-14)13-36-21(20)25-19(27)12-35-23(29)16-9-15(22(28)33-2)10-17(11-16)26(31)32/h4-11,13H,3,12H2,1-2H3,(H,25,27). The van der Waals surface area contributed by atoms with E-state index in [-0.39, 0.29) is 28.3 Å². The second-order valence-corrected chi connectivity index (χ2v) is 7.96. The predicted molar refractivity (Wildman–Crippen MR) is 129 cm³/mol. The second-order valence-electron chi connectivity index (χ2n) is 7.08. The van der Waals surface area contributed by atoms with Crippen LogP contribution in [0, 0.1) is 10.1 Å². The maximum Gasteiger partial charge on any atom is 0.341 e. The van der Waals surface area contributed by atoms with Crippen LogP contribution in [0.5, 0.6) is 0 Å². The van der Waals surface area contributed by atoms with Crippen LogP contribution in [0.1, 0.15) is 38.0 Å². The van der Waals surface area contributed by atoms with Gasteiger partial charge in [0.1, 0.15) is 10.6 Å². The summed E-state index contributed by atoms with van der Waals surface area (Å²) in [5, 5.41) is 15.6. The molecule has 1 heterocycles. The van der Waals surface area contributed by atoms with Crippen molar-refractivity contribution >= 4 is 45.8 Å². The number of benzene rings is 2. The third kappa shape index (κ3) is 6.10. The van der Waals surface area contributed by atoms with Gasteiger partial charge in [0.25, 0.3) is 11.6 Å². The maximum atomic E-state index is 12.6. The highest BCUT2D eigenvalue weighted by Crippen LogP contribution is 2.36. The van der Waals surface area contributed by atoms with Gasteiger partial charge in [-0.05, 0) is 18.6 Å². The molecule has 0 aliphatic heterocycles. The lowest BCUT2D eigenvalue weighted by Gasteiger charge is -2.09. The van der Waals surface area contributed by atoms with E-state index in [1.165, 1.54) is 0 Å². The van der Waals surface area contributed by atoms with Crippen molar-refractivity contribution in [2.24, 2.45) is 0 Å². The number of methoxy groups -OCH3 is 1. The predicted octanol–water partition coefficient (Wildman–Crippen LogP) is 4.08. The average Bonchev–Trinajstić information content (AvgIpc) is 3.30. The molecule has 0 bridgehead atoms. The number of amides is 1. The summed E-state index contributed by atoms with van der Waals surface area (Å²) < 4.78 is 14.6. The molecule has 0 unspecified atom stereocenters. The Labute approximate surface area is 208 Å². The van der Waals surface area contributed by atoms with Crippen molar-refractivity contribution in [1.29, 1.82) is 0 Å². The zero-order valence-electron chi connectivity index (χ0n) is 19.1. The Morgan fingerprint density at radius 1 is 0.972 bits per heavy atom. The van der Waals surface area contributed by atoms with Crippen LogP contribution in [0.25, 0.3) is 11.1 Å². The number of esters is 3. The maximum absolute atomic E-state index is 12.6. The third-order valence-corrected chi connectivity index (χ3v) is 5.62. The molecule has 186 valence electrons. The molecule has 36 heavy (non-hydrogen) atoms. The number of ether oxygens (including phenoxy) is 3. The Morgan fingerprint density at radius 3 is 2.25 bits per heavy atom. The fourth-order valence-electron chi connectivity index (χ4n) is 3.13. The van der Waals surface area contributed by atoms with Crippen LogP contribution < -0.4 is 5.32 Å². The van der Waals surface area contributed by atoms with Gasteiger partial charge < -0.3 is 19.5 Å². The summed E-state index contributed by atoms with van der Waals surface area (Å²) in [6, 6.07) is 12.0. The highest BCUT2D eigenvalue weighted by atomic mass is 32.1. The van der Waals surface area contributed by atoms with E-state index in [4.69, 9.17) is 9.47 Å². The Bertz CT molecular complexity index is 1320. The molecule has 3 rings (SSSR count). The highest BCUT2D eigenvalue weighted by molar-refractivity contribution is 7.15. The molecule has 0 saturated heterocycles. The van der Waals surface area contributed by atoms with E-state index >= 15 is 0 Å². The molecule has 3 aromatic rings. The number of thiophene rings is 1. The fourth-order valence-corrected chi connectivity index (χ4v) is 4.11. The number of hydrogen-bond acceptors (Lipinski definition) is 10. The van der Waals surface area contributed by atoms with Gasteiger partial charge in [0.2, 0.25) is 0 Å². The van der Waals surface area contributed by atoms with Gasteiger partial charge in [-0.15, -0.1) is 11.3 Å². The van der Waals surface area contributed by atoms with Crippen molar-refractivity contribution in [2.75, 3.05) is 25.6 Å². The smallest absolute Gasteiger partial charge is 0.341 e. The van der Waals surface area contributed by atoms with Crippen molar-refractivity contribution in [3.63, 3.8) is 0 Å². The number of carbonyl (C=O) groups is 4. The minimum absolute atomic E-state index is 0.130. The minimum atomic E-state index is -1.07. The molecule has 2 aromatic carbocycles. The number of anilines is 1. The first-order valence-corrected chi connectivity index (χ1v) is 11.3. The molecule has 0 fully saturated rings. The van der Waals surface area contributed by atoms with Crippen molar-refractivity contribution < 1.29 is 38.3 Å². The zero-order chi connectivity index (χ0) is 26.2. The molecule has 1 N–H and O–H groups in total. The number of nitrogens with zero attached hydrogens (tertiary/aromatic N) is 1. The Hall–Kier alpha value is -4.58. The molecule has 0 aliphatic carbocycles. The first-order valence-electron chi connectivity index (χ1n) is 10.4. The van der Waals surface area contributed by atoms with Crippen LogP contribution in [0.2, 0.25) is 0 Å². The Morgan fingerprint density at radius 2 is 1.64 bits per heavy atom. The van der Waals surface area contributed by atoms with Gasteiger partial charge >= 0.3 is 17.9 Å². The summed E-state index contributed by atoms with van der Waals surface area (Å²) in [5.74, 6) is -3.34. The number of carbonyl (C=O) groups excluding carboxylic acids is 4. The molecule has 0 saturated carbocycles. The van der Waals surface area contributed by atoms with E-state index in [2.05, 4.69) is 10.1 Å². The van der Waals surface area contributed by atoms with Gasteiger partial charge in [0.05, 0.1) is 29.8 Å². The van der Waals surface area contributed by atoms with Gasteiger partial charge in [-0.3, -0.25) is 14.9 Å². The average molecular weight is 512 g/mol. The van der Waals surface area contributed by atoms with Crippen molar-refractivity contribution in [3.05, 3.63) is 80.7 Å². The number of hydrogen-bond donors (Lipinski definition) is 1. The van der Waals surface area contributed by atoms with E-state index < -0.39 is 41.0 Å². The monoisotopic (exact) mass is 512 g/mol. The van der Waals surface area contributed by atoms with Crippen LogP contribution in [0.15, 0.2) is 53.9 Å². The van der Waals surface area contributed by atoms with E-state index in [0.717, 1.165) is 42.2 Å². The summed E-state index contributed by atoms with van der Waals surface area (Å²) in [4.78, 5) is 59.7. The van der Waals surface area contributed by atoms with Gasteiger partial charge in [-0.1, -0.05) is 30.3 Å².